The number of rotatable bonds is 7. The molecule has 3 N–H and O–H groups in total. The Morgan fingerprint density at radius 1 is 1.13 bits per heavy atom. The summed E-state index contributed by atoms with van der Waals surface area (Å²) >= 11 is 0. The van der Waals surface area contributed by atoms with Crippen molar-refractivity contribution in [3.05, 3.63) is 65.0 Å². The van der Waals surface area contributed by atoms with Crippen LogP contribution in [-0.2, 0) is 6.42 Å². The minimum atomic E-state index is -0.625. The van der Waals surface area contributed by atoms with Crippen molar-refractivity contribution in [3.63, 3.8) is 0 Å². The third-order valence-electron chi connectivity index (χ3n) is 4.06. The second-order valence-electron chi connectivity index (χ2n) is 5.96. The summed E-state index contributed by atoms with van der Waals surface area (Å²) in [5.74, 6) is 0.0219. The van der Waals surface area contributed by atoms with Crippen LogP contribution in [0.15, 0.2) is 42.5 Å². The van der Waals surface area contributed by atoms with E-state index in [0.717, 1.165) is 36.1 Å². The first-order valence-corrected chi connectivity index (χ1v) is 7.93. The number of phenols is 1. The molecule has 2 unspecified atom stereocenters. The number of benzene rings is 2. The first kappa shape index (κ1) is 17.4. The Balaban J connectivity index is 1.78. The zero-order valence-electron chi connectivity index (χ0n) is 13.6. The molecule has 0 aliphatic rings. The normalized spacial score (nSPS) is 13.7. The summed E-state index contributed by atoms with van der Waals surface area (Å²) in [7, 11) is 0. The van der Waals surface area contributed by atoms with Gasteiger partial charge in [-0.15, -0.1) is 0 Å². The number of aromatic hydroxyl groups is 1. The van der Waals surface area contributed by atoms with Crippen LogP contribution >= 0.6 is 0 Å². The van der Waals surface area contributed by atoms with Crippen LogP contribution in [0.4, 0.5) is 4.39 Å². The number of aliphatic hydroxyl groups is 1. The number of hydrogen-bond acceptors (Lipinski definition) is 3. The first-order chi connectivity index (χ1) is 11.0. The zero-order valence-corrected chi connectivity index (χ0v) is 13.6. The maximum atomic E-state index is 12.8. The van der Waals surface area contributed by atoms with Gasteiger partial charge < -0.3 is 15.5 Å². The van der Waals surface area contributed by atoms with Crippen molar-refractivity contribution in [1.82, 2.24) is 5.32 Å². The Bertz CT molecular complexity index is 628. The Morgan fingerprint density at radius 2 is 1.83 bits per heavy atom. The first-order valence-electron chi connectivity index (χ1n) is 7.93. The Kier molecular flexibility index (Phi) is 6.13. The summed E-state index contributed by atoms with van der Waals surface area (Å²) in [5, 5.41) is 23.2. The van der Waals surface area contributed by atoms with E-state index in [4.69, 9.17) is 0 Å². The van der Waals surface area contributed by atoms with Gasteiger partial charge in [0.15, 0.2) is 0 Å². The number of phenolic OH excluding ortho intramolecular Hbond substituents is 1. The lowest BCUT2D eigenvalue weighted by Crippen LogP contribution is -2.33. The van der Waals surface area contributed by atoms with Crippen molar-refractivity contribution in [2.75, 3.05) is 6.54 Å². The highest BCUT2D eigenvalue weighted by Gasteiger charge is 2.16. The molecular weight excluding hydrogens is 293 g/mol. The Labute approximate surface area is 136 Å². The molecule has 0 aliphatic heterocycles. The molecule has 23 heavy (non-hydrogen) atoms. The molecule has 2 rings (SSSR count). The van der Waals surface area contributed by atoms with Crippen molar-refractivity contribution in [2.45, 2.75) is 38.8 Å². The molecule has 124 valence electrons. The summed E-state index contributed by atoms with van der Waals surface area (Å²) in [5.41, 5.74) is 2.65. The number of hydrogen-bond donors (Lipinski definition) is 3. The lowest BCUT2D eigenvalue weighted by molar-refractivity contribution is 0.136. The van der Waals surface area contributed by atoms with E-state index >= 15 is 0 Å². The number of aryl methyl sites for hydroxylation is 2. The zero-order chi connectivity index (χ0) is 16.8. The van der Waals surface area contributed by atoms with E-state index in [0.29, 0.717) is 0 Å². The molecule has 0 saturated heterocycles. The Hall–Kier alpha value is -1.91. The lowest BCUT2D eigenvalue weighted by atomic mass is 10.0. The predicted octanol–water partition coefficient (Wildman–Crippen LogP) is 3.48. The molecule has 2 atom stereocenters. The molecule has 3 nitrogen and oxygen atoms in total. The Morgan fingerprint density at radius 3 is 2.48 bits per heavy atom. The number of nitrogens with one attached hydrogen (secondary N) is 1. The molecule has 0 bridgehead atoms. The van der Waals surface area contributed by atoms with Crippen molar-refractivity contribution >= 4 is 0 Å². The SMILES string of the molecule is Cc1cc(C(O)C(C)NCCCc2ccc(F)cc2)ccc1O. The summed E-state index contributed by atoms with van der Waals surface area (Å²) in [6, 6.07) is 11.6. The monoisotopic (exact) mass is 317 g/mol. The number of halogens is 1. The molecule has 2 aromatic rings. The van der Waals surface area contributed by atoms with Gasteiger partial charge in [-0.05, 0) is 74.2 Å². The number of aliphatic hydroxyl groups excluding tert-OH is 1. The van der Waals surface area contributed by atoms with Gasteiger partial charge in [-0.2, -0.15) is 0 Å². The summed E-state index contributed by atoms with van der Waals surface area (Å²) < 4.78 is 12.8. The summed E-state index contributed by atoms with van der Waals surface area (Å²) in [6.07, 6.45) is 1.16. The molecule has 0 fully saturated rings. The van der Waals surface area contributed by atoms with Crippen LogP contribution in [0.1, 0.15) is 36.1 Å². The van der Waals surface area contributed by atoms with E-state index in [1.54, 1.807) is 30.3 Å². The van der Waals surface area contributed by atoms with Gasteiger partial charge in [0, 0.05) is 6.04 Å². The highest BCUT2D eigenvalue weighted by molar-refractivity contribution is 5.36. The maximum Gasteiger partial charge on any atom is 0.123 e. The van der Waals surface area contributed by atoms with E-state index in [2.05, 4.69) is 5.32 Å². The van der Waals surface area contributed by atoms with Crippen LogP contribution in [0.2, 0.25) is 0 Å². The fourth-order valence-electron chi connectivity index (χ4n) is 2.54. The molecule has 0 heterocycles. The van der Waals surface area contributed by atoms with Crippen molar-refractivity contribution < 1.29 is 14.6 Å². The quantitative estimate of drug-likeness (QED) is 0.685. The van der Waals surface area contributed by atoms with Crippen molar-refractivity contribution in [3.8, 4) is 5.75 Å². The highest BCUT2D eigenvalue weighted by Crippen LogP contribution is 2.23. The standard InChI is InChI=1S/C19H24FNO2/c1-13-12-16(7-10-18(13)22)19(23)14(2)21-11-3-4-15-5-8-17(20)9-6-15/h5-10,12,14,19,21-23H,3-4,11H2,1-2H3. The van der Waals surface area contributed by atoms with Gasteiger partial charge in [-0.1, -0.05) is 18.2 Å². The highest BCUT2D eigenvalue weighted by atomic mass is 19.1. The third-order valence-corrected chi connectivity index (χ3v) is 4.06. The lowest BCUT2D eigenvalue weighted by Gasteiger charge is -2.21. The van der Waals surface area contributed by atoms with Crippen LogP contribution in [-0.4, -0.2) is 22.8 Å². The fourth-order valence-corrected chi connectivity index (χ4v) is 2.54. The topological polar surface area (TPSA) is 52.5 Å². The van der Waals surface area contributed by atoms with E-state index in [1.165, 1.54) is 12.1 Å². The molecular formula is C19H24FNO2. The van der Waals surface area contributed by atoms with Crippen LogP contribution in [0.3, 0.4) is 0 Å². The van der Waals surface area contributed by atoms with Crippen molar-refractivity contribution in [2.24, 2.45) is 0 Å². The second-order valence-corrected chi connectivity index (χ2v) is 5.96. The van der Waals surface area contributed by atoms with Gasteiger partial charge in [0.05, 0.1) is 6.10 Å². The average molecular weight is 317 g/mol. The van der Waals surface area contributed by atoms with Gasteiger partial charge in [0.1, 0.15) is 11.6 Å². The van der Waals surface area contributed by atoms with Crippen LogP contribution in [0.25, 0.3) is 0 Å². The summed E-state index contributed by atoms with van der Waals surface area (Å²) in [4.78, 5) is 0. The van der Waals surface area contributed by atoms with E-state index < -0.39 is 6.10 Å². The fraction of sp³-hybridized carbons (Fsp3) is 0.368. The minimum absolute atomic E-state index is 0.0906. The van der Waals surface area contributed by atoms with Crippen molar-refractivity contribution in [1.29, 1.82) is 0 Å². The smallest absolute Gasteiger partial charge is 0.123 e. The summed E-state index contributed by atoms with van der Waals surface area (Å²) in [6.45, 7) is 4.52. The molecule has 2 aromatic carbocycles. The maximum absolute atomic E-state index is 12.8. The molecule has 0 spiro atoms. The molecule has 0 amide bonds. The molecule has 0 radical (unpaired) electrons. The minimum Gasteiger partial charge on any atom is -0.508 e. The molecule has 0 aliphatic carbocycles. The van der Waals surface area contributed by atoms with E-state index in [9.17, 15) is 14.6 Å². The third kappa shape index (κ3) is 5.05. The van der Waals surface area contributed by atoms with Gasteiger partial charge in [-0.25, -0.2) is 4.39 Å². The van der Waals surface area contributed by atoms with Crippen LogP contribution < -0.4 is 5.32 Å². The van der Waals surface area contributed by atoms with Gasteiger partial charge in [0.2, 0.25) is 0 Å². The largest absolute Gasteiger partial charge is 0.508 e. The van der Waals surface area contributed by atoms with Gasteiger partial charge >= 0.3 is 0 Å². The molecule has 0 aromatic heterocycles. The predicted molar refractivity (Wildman–Crippen MR) is 90.0 cm³/mol. The second kappa shape index (κ2) is 8.09. The molecule has 4 heteroatoms. The van der Waals surface area contributed by atoms with Gasteiger partial charge in [0.25, 0.3) is 0 Å². The van der Waals surface area contributed by atoms with Gasteiger partial charge in [-0.3, -0.25) is 0 Å². The average Bonchev–Trinajstić information content (AvgIpc) is 2.55. The van der Waals surface area contributed by atoms with Crippen LogP contribution in [0.5, 0.6) is 5.75 Å². The molecule has 0 saturated carbocycles. The van der Waals surface area contributed by atoms with E-state index in [1.807, 2.05) is 13.8 Å². The van der Waals surface area contributed by atoms with Crippen LogP contribution in [0, 0.1) is 12.7 Å². The van der Waals surface area contributed by atoms with E-state index in [-0.39, 0.29) is 17.6 Å².